The Morgan fingerprint density at radius 2 is 1.80 bits per heavy atom. The number of hydrogen-bond donors (Lipinski definition) is 1. The SMILES string of the molecule is CC(C)=C(C(=O)O)c1ccccc1COc1cccc(C(F)(F)F)n1. The highest BCUT2D eigenvalue weighted by Crippen LogP contribution is 2.29. The number of benzene rings is 1. The van der Waals surface area contributed by atoms with Crippen LogP contribution < -0.4 is 4.74 Å². The summed E-state index contributed by atoms with van der Waals surface area (Å²) in [6.07, 6.45) is -4.56. The van der Waals surface area contributed by atoms with Crippen LogP contribution in [0.3, 0.4) is 0 Å². The van der Waals surface area contributed by atoms with Crippen molar-refractivity contribution in [2.75, 3.05) is 0 Å². The molecule has 0 amide bonds. The monoisotopic (exact) mass is 351 g/mol. The van der Waals surface area contributed by atoms with Gasteiger partial charge in [0, 0.05) is 6.07 Å². The molecule has 2 aromatic rings. The summed E-state index contributed by atoms with van der Waals surface area (Å²) in [6, 6.07) is 10.1. The van der Waals surface area contributed by atoms with Crippen LogP contribution in [0.5, 0.6) is 5.88 Å². The van der Waals surface area contributed by atoms with Gasteiger partial charge in [0.2, 0.25) is 5.88 Å². The largest absolute Gasteiger partial charge is 0.478 e. The molecule has 1 heterocycles. The molecule has 0 unspecified atom stereocenters. The molecule has 25 heavy (non-hydrogen) atoms. The van der Waals surface area contributed by atoms with Crippen molar-refractivity contribution in [1.82, 2.24) is 4.98 Å². The van der Waals surface area contributed by atoms with Crippen molar-refractivity contribution in [3.05, 3.63) is 64.9 Å². The number of pyridine rings is 1. The number of carboxylic acids is 1. The maximum Gasteiger partial charge on any atom is 0.433 e. The summed E-state index contributed by atoms with van der Waals surface area (Å²) in [4.78, 5) is 14.9. The highest BCUT2D eigenvalue weighted by atomic mass is 19.4. The number of aliphatic carboxylic acids is 1. The smallest absolute Gasteiger partial charge is 0.433 e. The van der Waals surface area contributed by atoms with Crippen molar-refractivity contribution in [2.45, 2.75) is 26.6 Å². The Kier molecular flexibility index (Phi) is 5.46. The highest BCUT2D eigenvalue weighted by molar-refractivity contribution is 6.16. The van der Waals surface area contributed by atoms with Gasteiger partial charge in [-0.05, 0) is 31.0 Å². The molecule has 7 heteroatoms. The summed E-state index contributed by atoms with van der Waals surface area (Å²) in [5, 5.41) is 9.40. The van der Waals surface area contributed by atoms with Crippen molar-refractivity contribution in [3.8, 4) is 5.88 Å². The molecule has 0 saturated carbocycles. The number of aromatic nitrogens is 1. The quantitative estimate of drug-likeness (QED) is 0.803. The average Bonchev–Trinajstić information content (AvgIpc) is 2.53. The topological polar surface area (TPSA) is 59.4 Å². The fraction of sp³-hybridized carbons (Fsp3) is 0.222. The summed E-state index contributed by atoms with van der Waals surface area (Å²) < 4.78 is 43.4. The van der Waals surface area contributed by atoms with Crippen LogP contribution in [0.25, 0.3) is 5.57 Å². The van der Waals surface area contributed by atoms with E-state index in [9.17, 15) is 23.1 Å². The van der Waals surface area contributed by atoms with Crippen LogP contribution in [-0.2, 0) is 17.6 Å². The molecule has 1 aromatic carbocycles. The number of carbonyl (C=O) groups is 1. The predicted octanol–water partition coefficient (Wildman–Crippen LogP) is 4.56. The number of carboxylic acid groups (broad SMARTS) is 1. The summed E-state index contributed by atoms with van der Waals surface area (Å²) in [5.41, 5.74) is 0.699. The lowest BCUT2D eigenvalue weighted by Gasteiger charge is -2.13. The zero-order chi connectivity index (χ0) is 18.6. The molecule has 0 aliphatic heterocycles. The van der Waals surface area contributed by atoms with Gasteiger partial charge in [-0.1, -0.05) is 35.9 Å². The number of rotatable bonds is 5. The van der Waals surface area contributed by atoms with Crippen molar-refractivity contribution in [2.24, 2.45) is 0 Å². The lowest BCUT2D eigenvalue weighted by atomic mass is 9.97. The predicted molar refractivity (Wildman–Crippen MR) is 85.9 cm³/mol. The molecule has 2 rings (SSSR count). The average molecular weight is 351 g/mol. The van der Waals surface area contributed by atoms with Crippen LogP contribution in [0.2, 0.25) is 0 Å². The third-order valence-electron chi connectivity index (χ3n) is 3.39. The summed E-state index contributed by atoms with van der Waals surface area (Å²) in [6.45, 7) is 3.25. The van der Waals surface area contributed by atoms with E-state index in [4.69, 9.17) is 4.74 Å². The number of nitrogens with zero attached hydrogens (tertiary/aromatic N) is 1. The second-order valence-electron chi connectivity index (χ2n) is 5.48. The Hall–Kier alpha value is -2.83. The van der Waals surface area contributed by atoms with Gasteiger partial charge in [0.25, 0.3) is 0 Å². The Bertz CT molecular complexity index is 809. The molecule has 0 saturated heterocycles. The molecular formula is C18H16F3NO3. The zero-order valence-corrected chi connectivity index (χ0v) is 13.6. The third kappa shape index (κ3) is 4.59. The third-order valence-corrected chi connectivity index (χ3v) is 3.39. The van der Waals surface area contributed by atoms with Crippen molar-refractivity contribution >= 4 is 11.5 Å². The molecule has 1 N–H and O–H groups in total. The minimum atomic E-state index is -4.56. The van der Waals surface area contributed by atoms with Gasteiger partial charge in [0.05, 0.1) is 5.57 Å². The van der Waals surface area contributed by atoms with Gasteiger partial charge < -0.3 is 9.84 Å². The molecule has 4 nitrogen and oxygen atoms in total. The van der Waals surface area contributed by atoms with Crippen molar-refractivity contribution in [3.63, 3.8) is 0 Å². The van der Waals surface area contributed by atoms with Gasteiger partial charge in [-0.15, -0.1) is 0 Å². The second-order valence-corrected chi connectivity index (χ2v) is 5.48. The molecular weight excluding hydrogens is 335 g/mol. The van der Waals surface area contributed by atoms with E-state index in [1.165, 1.54) is 12.1 Å². The van der Waals surface area contributed by atoms with Crippen LogP contribution in [0.4, 0.5) is 13.2 Å². The van der Waals surface area contributed by atoms with Crippen LogP contribution in [0.1, 0.15) is 30.7 Å². The Morgan fingerprint density at radius 1 is 1.12 bits per heavy atom. The first-order chi connectivity index (χ1) is 11.7. The molecule has 0 bridgehead atoms. The Balaban J connectivity index is 2.29. The first-order valence-corrected chi connectivity index (χ1v) is 7.36. The molecule has 0 aliphatic carbocycles. The van der Waals surface area contributed by atoms with E-state index in [2.05, 4.69) is 4.98 Å². The standard InChI is InChI=1S/C18H16F3NO3/c1-11(2)16(17(23)24)13-7-4-3-6-12(13)10-25-15-9-5-8-14(22-15)18(19,20)21/h3-9H,10H2,1-2H3,(H,23,24). The molecule has 132 valence electrons. The van der Waals surface area contributed by atoms with E-state index >= 15 is 0 Å². The first-order valence-electron chi connectivity index (χ1n) is 7.36. The lowest BCUT2D eigenvalue weighted by Crippen LogP contribution is -2.10. The summed E-state index contributed by atoms with van der Waals surface area (Å²) in [5.74, 6) is -1.26. The van der Waals surface area contributed by atoms with Gasteiger partial charge in [-0.3, -0.25) is 0 Å². The van der Waals surface area contributed by atoms with E-state index in [1.807, 2.05) is 0 Å². The van der Waals surface area contributed by atoms with Crippen LogP contribution in [0, 0.1) is 0 Å². The van der Waals surface area contributed by atoms with Gasteiger partial charge >= 0.3 is 12.1 Å². The van der Waals surface area contributed by atoms with Crippen LogP contribution in [0.15, 0.2) is 48.0 Å². The van der Waals surface area contributed by atoms with E-state index < -0.39 is 17.8 Å². The van der Waals surface area contributed by atoms with Gasteiger partial charge in [-0.2, -0.15) is 13.2 Å². The maximum atomic E-state index is 12.7. The molecule has 1 aromatic heterocycles. The normalized spacial score (nSPS) is 11.1. The Morgan fingerprint density at radius 3 is 2.40 bits per heavy atom. The highest BCUT2D eigenvalue weighted by Gasteiger charge is 2.32. The second kappa shape index (κ2) is 7.38. The van der Waals surface area contributed by atoms with Gasteiger partial charge in [0.1, 0.15) is 12.3 Å². The van der Waals surface area contributed by atoms with E-state index in [0.717, 1.165) is 6.07 Å². The summed E-state index contributed by atoms with van der Waals surface area (Å²) in [7, 11) is 0. The minimum Gasteiger partial charge on any atom is -0.478 e. The number of ether oxygens (including phenoxy) is 1. The van der Waals surface area contributed by atoms with Crippen LogP contribution >= 0.6 is 0 Å². The number of hydrogen-bond acceptors (Lipinski definition) is 3. The van der Waals surface area contributed by atoms with E-state index in [0.29, 0.717) is 16.7 Å². The fourth-order valence-electron chi connectivity index (χ4n) is 2.29. The number of allylic oxidation sites excluding steroid dienone is 1. The number of alkyl halides is 3. The first kappa shape index (κ1) is 18.5. The Labute approximate surface area is 142 Å². The molecule has 0 aliphatic rings. The van der Waals surface area contributed by atoms with E-state index in [-0.39, 0.29) is 18.1 Å². The number of halogens is 3. The van der Waals surface area contributed by atoms with E-state index in [1.54, 1.807) is 38.1 Å². The lowest BCUT2D eigenvalue weighted by molar-refractivity contribution is -0.141. The summed E-state index contributed by atoms with van der Waals surface area (Å²) >= 11 is 0. The minimum absolute atomic E-state index is 0.103. The maximum absolute atomic E-state index is 12.7. The van der Waals surface area contributed by atoms with Crippen molar-refractivity contribution < 1.29 is 27.8 Å². The fourth-order valence-corrected chi connectivity index (χ4v) is 2.29. The van der Waals surface area contributed by atoms with Crippen LogP contribution in [-0.4, -0.2) is 16.1 Å². The molecule has 0 radical (unpaired) electrons. The zero-order valence-electron chi connectivity index (χ0n) is 13.6. The molecule has 0 fully saturated rings. The van der Waals surface area contributed by atoms with Crippen molar-refractivity contribution in [1.29, 1.82) is 0 Å². The van der Waals surface area contributed by atoms with Gasteiger partial charge in [0.15, 0.2) is 0 Å². The molecule has 0 spiro atoms. The van der Waals surface area contributed by atoms with Gasteiger partial charge in [-0.25, -0.2) is 9.78 Å². The molecule has 0 atom stereocenters.